The first-order valence-electron chi connectivity index (χ1n) is 5.62. The average Bonchev–Trinajstić information content (AvgIpc) is 2.80. The van der Waals surface area contributed by atoms with Crippen LogP contribution in [0.4, 0.5) is 5.69 Å². The number of anilines is 1. The van der Waals surface area contributed by atoms with Gasteiger partial charge in [0, 0.05) is 6.54 Å². The number of aromatic nitrogens is 1. The SMILES string of the molecule is CSc1ccc(NCC2CCCC2)cn1. The Balaban J connectivity index is 1.82. The molecule has 0 bridgehead atoms. The van der Waals surface area contributed by atoms with E-state index in [2.05, 4.69) is 22.4 Å². The van der Waals surface area contributed by atoms with Gasteiger partial charge in [-0.15, -0.1) is 11.8 Å². The van der Waals surface area contributed by atoms with Crippen molar-refractivity contribution in [3.05, 3.63) is 18.3 Å². The van der Waals surface area contributed by atoms with Gasteiger partial charge in [0.05, 0.1) is 16.9 Å². The molecule has 0 unspecified atom stereocenters. The van der Waals surface area contributed by atoms with Crippen molar-refractivity contribution in [3.8, 4) is 0 Å². The summed E-state index contributed by atoms with van der Waals surface area (Å²) in [6.07, 6.45) is 9.59. The third-order valence-corrected chi connectivity index (χ3v) is 3.67. The van der Waals surface area contributed by atoms with E-state index >= 15 is 0 Å². The van der Waals surface area contributed by atoms with E-state index in [0.717, 1.165) is 23.2 Å². The molecule has 2 rings (SSSR count). The maximum absolute atomic E-state index is 4.34. The summed E-state index contributed by atoms with van der Waals surface area (Å²) in [6, 6.07) is 4.19. The summed E-state index contributed by atoms with van der Waals surface area (Å²) >= 11 is 1.68. The van der Waals surface area contributed by atoms with Gasteiger partial charge < -0.3 is 5.32 Å². The van der Waals surface area contributed by atoms with Crippen LogP contribution in [0.2, 0.25) is 0 Å². The smallest absolute Gasteiger partial charge is 0.0958 e. The predicted molar refractivity (Wildman–Crippen MR) is 66.5 cm³/mol. The second kappa shape index (κ2) is 5.40. The normalized spacial score (nSPS) is 16.9. The van der Waals surface area contributed by atoms with Crippen molar-refractivity contribution in [1.82, 2.24) is 4.98 Å². The number of pyridine rings is 1. The lowest BCUT2D eigenvalue weighted by molar-refractivity contribution is 0.580. The van der Waals surface area contributed by atoms with Crippen LogP contribution < -0.4 is 5.32 Å². The molecule has 0 atom stereocenters. The standard InChI is InChI=1S/C12H18N2S/c1-15-12-7-6-11(9-14-12)13-8-10-4-2-3-5-10/h6-7,9-10,13H,2-5,8H2,1H3. The molecule has 1 fully saturated rings. The summed E-state index contributed by atoms with van der Waals surface area (Å²) in [6.45, 7) is 1.11. The molecule has 0 amide bonds. The minimum Gasteiger partial charge on any atom is -0.384 e. The molecule has 3 heteroatoms. The van der Waals surface area contributed by atoms with Crippen LogP contribution in [-0.4, -0.2) is 17.8 Å². The van der Waals surface area contributed by atoms with Gasteiger partial charge in [0.1, 0.15) is 0 Å². The van der Waals surface area contributed by atoms with Crippen molar-refractivity contribution >= 4 is 17.4 Å². The maximum atomic E-state index is 4.34. The first-order chi connectivity index (χ1) is 7.38. The van der Waals surface area contributed by atoms with Crippen LogP contribution in [-0.2, 0) is 0 Å². The summed E-state index contributed by atoms with van der Waals surface area (Å²) in [5.41, 5.74) is 1.15. The first kappa shape index (κ1) is 10.8. The van der Waals surface area contributed by atoms with Crippen molar-refractivity contribution in [2.45, 2.75) is 30.7 Å². The molecular formula is C12H18N2S. The summed E-state index contributed by atoms with van der Waals surface area (Å²) in [5, 5.41) is 4.55. The lowest BCUT2D eigenvalue weighted by Crippen LogP contribution is -2.10. The Bertz CT molecular complexity index is 291. The average molecular weight is 222 g/mol. The molecule has 1 aromatic heterocycles. The fraction of sp³-hybridized carbons (Fsp3) is 0.583. The van der Waals surface area contributed by atoms with Crippen LogP contribution in [0.15, 0.2) is 23.4 Å². The van der Waals surface area contributed by atoms with Crippen LogP contribution in [0.1, 0.15) is 25.7 Å². The fourth-order valence-corrected chi connectivity index (χ4v) is 2.44. The van der Waals surface area contributed by atoms with Gasteiger partial charge in [-0.3, -0.25) is 0 Å². The third kappa shape index (κ3) is 3.13. The van der Waals surface area contributed by atoms with Gasteiger partial charge in [-0.2, -0.15) is 0 Å². The van der Waals surface area contributed by atoms with Crippen LogP contribution >= 0.6 is 11.8 Å². The van der Waals surface area contributed by atoms with Crippen molar-refractivity contribution in [1.29, 1.82) is 0 Å². The van der Waals surface area contributed by atoms with Gasteiger partial charge in [-0.1, -0.05) is 12.8 Å². The molecular weight excluding hydrogens is 204 g/mol. The number of nitrogens with one attached hydrogen (secondary N) is 1. The molecule has 1 aromatic rings. The number of hydrogen-bond donors (Lipinski definition) is 1. The molecule has 15 heavy (non-hydrogen) atoms. The minimum atomic E-state index is 0.880. The minimum absolute atomic E-state index is 0.880. The summed E-state index contributed by atoms with van der Waals surface area (Å²) < 4.78 is 0. The van der Waals surface area contributed by atoms with Crippen molar-refractivity contribution < 1.29 is 0 Å². The van der Waals surface area contributed by atoms with Crippen LogP contribution in [0, 0.1) is 5.92 Å². The molecule has 1 saturated carbocycles. The Morgan fingerprint density at radius 1 is 1.40 bits per heavy atom. The van der Waals surface area contributed by atoms with E-state index in [0.29, 0.717) is 0 Å². The predicted octanol–water partition coefficient (Wildman–Crippen LogP) is 3.41. The Kier molecular flexibility index (Phi) is 3.89. The Morgan fingerprint density at radius 2 is 2.20 bits per heavy atom. The number of nitrogens with zero attached hydrogens (tertiary/aromatic N) is 1. The highest BCUT2D eigenvalue weighted by Gasteiger charge is 2.14. The van der Waals surface area contributed by atoms with Gasteiger partial charge >= 0.3 is 0 Å². The van der Waals surface area contributed by atoms with E-state index in [1.54, 1.807) is 11.8 Å². The van der Waals surface area contributed by atoms with Crippen LogP contribution in [0.25, 0.3) is 0 Å². The van der Waals surface area contributed by atoms with E-state index in [4.69, 9.17) is 0 Å². The lowest BCUT2D eigenvalue weighted by atomic mass is 10.1. The van der Waals surface area contributed by atoms with E-state index < -0.39 is 0 Å². The van der Waals surface area contributed by atoms with Gasteiger partial charge in [0.15, 0.2) is 0 Å². The van der Waals surface area contributed by atoms with E-state index in [1.165, 1.54) is 25.7 Å². The summed E-state index contributed by atoms with van der Waals surface area (Å²) in [7, 11) is 0. The summed E-state index contributed by atoms with van der Waals surface area (Å²) in [4.78, 5) is 4.34. The molecule has 0 aliphatic heterocycles. The first-order valence-corrected chi connectivity index (χ1v) is 6.85. The number of thioether (sulfide) groups is 1. The molecule has 0 spiro atoms. The fourth-order valence-electron chi connectivity index (χ4n) is 2.08. The van der Waals surface area contributed by atoms with Crippen molar-refractivity contribution in [2.24, 2.45) is 5.92 Å². The van der Waals surface area contributed by atoms with E-state index in [9.17, 15) is 0 Å². The molecule has 1 N–H and O–H groups in total. The van der Waals surface area contributed by atoms with E-state index in [-0.39, 0.29) is 0 Å². The highest BCUT2D eigenvalue weighted by atomic mass is 32.2. The van der Waals surface area contributed by atoms with Crippen LogP contribution in [0.3, 0.4) is 0 Å². The maximum Gasteiger partial charge on any atom is 0.0958 e. The molecule has 82 valence electrons. The topological polar surface area (TPSA) is 24.9 Å². The van der Waals surface area contributed by atoms with Crippen molar-refractivity contribution in [3.63, 3.8) is 0 Å². The highest BCUT2D eigenvalue weighted by Crippen LogP contribution is 2.25. The van der Waals surface area contributed by atoms with E-state index in [1.807, 2.05) is 12.5 Å². The Hall–Kier alpha value is -0.700. The van der Waals surface area contributed by atoms with Crippen molar-refractivity contribution in [2.75, 3.05) is 18.1 Å². The molecule has 0 radical (unpaired) electrons. The molecule has 1 aliphatic rings. The number of hydrogen-bond acceptors (Lipinski definition) is 3. The second-order valence-corrected chi connectivity index (χ2v) is 4.95. The molecule has 1 aliphatic carbocycles. The zero-order valence-corrected chi connectivity index (χ0v) is 10.0. The zero-order chi connectivity index (χ0) is 10.5. The molecule has 0 saturated heterocycles. The Labute approximate surface area is 95.9 Å². The van der Waals surface area contributed by atoms with Gasteiger partial charge in [0.2, 0.25) is 0 Å². The lowest BCUT2D eigenvalue weighted by Gasteiger charge is -2.11. The number of rotatable bonds is 4. The quantitative estimate of drug-likeness (QED) is 0.790. The monoisotopic (exact) mass is 222 g/mol. The Morgan fingerprint density at radius 3 is 2.80 bits per heavy atom. The zero-order valence-electron chi connectivity index (χ0n) is 9.20. The molecule has 0 aromatic carbocycles. The molecule has 2 nitrogen and oxygen atoms in total. The van der Waals surface area contributed by atoms with Gasteiger partial charge in [0.25, 0.3) is 0 Å². The summed E-state index contributed by atoms with van der Waals surface area (Å²) in [5.74, 6) is 0.880. The van der Waals surface area contributed by atoms with Crippen LogP contribution in [0.5, 0.6) is 0 Å². The van der Waals surface area contributed by atoms with Gasteiger partial charge in [-0.25, -0.2) is 4.98 Å². The molecule has 1 heterocycles. The van der Waals surface area contributed by atoms with Gasteiger partial charge in [-0.05, 0) is 37.1 Å². The third-order valence-electron chi connectivity index (χ3n) is 3.02. The second-order valence-electron chi connectivity index (χ2n) is 4.12. The largest absolute Gasteiger partial charge is 0.384 e. The highest BCUT2D eigenvalue weighted by molar-refractivity contribution is 7.98.